The number of carbonyl (C=O) groups excluding carboxylic acids is 4. The van der Waals surface area contributed by atoms with Crippen LogP contribution >= 0.6 is 0 Å². The predicted molar refractivity (Wildman–Crippen MR) is 106 cm³/mol. The van der Waals surface area contributed by atoms with Crippen LogP contribution in [-0.2, 0) is 25.6 Å². The van der Waals surface area contributed by atoms with E-state index < -0.39 is 35.8 Å². The van der Waals surface area contributed by atoms with Crippen LogP contribution in [0.2, 0.25) is 0 Å². The zero-order chi connectivity index (χ0) is 21.3. The topological polar surface area (TPSA) is 130 Å². The molecule has 8 heteroatoms. The van der Waals surface area contributed by atoms with Gasteiger partial charge in [-0.3, -0.25) is 19.2 Å². The minimum atomic E-state index is -0.919. The standard InChI is InChI=1S/C20H30N4O4/c1-5-12(2)17(23-14(4)25)20(28)24-16(11-15-9-7-6-8-10-15)19(27)22-13(3)18(21)26/h6-10,12-13,16-17H,5,11H2,1-4H3,(H2,21,26)(H,22,27)(H,23,25)(H,24,28)/t12?,13-,16-,17?/m0/s1. The third-order valence-corrected chi connectivity index (χ3v) is 4.56. The lowest BCUT2D eigenvalue weighted by Crippen LogP contribution is -2.57. The minimum absolute atomic E-state index is 0.117. The van der Waals surface area contributed by atoms with Gasteiger partial charge in [0.15, 0.2) is 0 Å². The summed E-state index contributed by atoms with van der Waals surface area (Å²) in [4.78, 5) is 48.2. The van der Waals surface area contributed by atoms with Crippen molar-refractivity contribution in [1.82, 2.24) is 16.0 Å². The SMILES string of the molecule is CCC(C)C(NC(C)=O)C(=O)N[C@@H](Cc1ccccc1)C(=O)N[C@@H](C)C(N)=O. The number of hydrogen-bond donors (Lipinski definition) is 4. The smallest absolute Gasteiger partial charge is 0.243 e. The van der Waals surface area contributed by atoms with E-state index in [9.17, 15) is 19.2 Å². The Hall–Kier alpha value is -2.90. The molecule has 1 aromatic rings. The zero-order valence-electron chi connectivity index (χ0n) is 16.8. The third-order valence-electron chi connectivity index (χ3n) is 4.56. The van der Waals surface area contributed by atoms with Crippen molar-refractivity contribution < 1.29 is 19.2 Å². The molecule has 0 aliphatic carbocycles. The van der Waals surface area contributed by atoms with E-state index in [-0.39, 0.29) is 18.2 Å². The molecular formula is C20H30N4O4. The summed E-state index contributed by atoms with van der Waals surface area (Å²) in [5.41, 5.74) is 6.05. The molecule has 5 N–H and O–H groups in total. The van der Waals surface area contributed by atoms with Crippen LogP contribution in [0.4, 0.5) is 0 Å². The number of hydrogen-bond acceptors (Lipinski definition) is 4. The number of benzene rings is 1. The van der Waals surface area contributed by atoms with Crippen molar-refractivity contribution in [3.63, 3.8) is 0 Å². The van der Waals surface area contributed by atoms with E-state index in [1.807, 2.05) is 44.2 Å². The largest absolute Gasteiger partial charge is 0.368 e. The first kappa shape index (κ1) is 23.1. The Morgan fingerprint density at radius 1 is 0.964 bits per heavy atom. The van der Waals surface area contributed by atoms with Crippen LogP contribution in [0.15, 0.2) is 30.3 Å². The molecule has 0 aromatic heterocycles. The molecule has 0 radical (unpaired) electrons. The second-order valence-corrected chi connectivity index (χ2v) is 6.95. The maximum absolute atomic E-state index is 12.8. The molecule has 0 heterocycles. The van der Waals surface area contributed by atoms with Crippen LogP contribution in [0.1, 0.15) is 39.7 Å². The lowest BCUT2D eigenvalue weighted by Gasteiger charge is -2.26. The summed E-state index contributed by atoms with van der Waals surface area (Å²) in [6.45, 7) is 6.57. The lowest BCUT2D eigenvalue weighted by atomic mass is 9.97. The average Bonchev–Trinajstić information content (AvgIpc) is 2.65. The summed E-state index contributed by atoms with van der Waals surface area (Å²) >= 11 is 0. The molecule has 1 aromatic carbocycles. The summed E-state index contributed by atoms with van der Waals surface area (Å²) in [5, 5.41) is 7.87. The Morgan fingerprint density at radius 3 is 2.07 bits per heavy atom. The Bertz CT molecular complexity index is 693. The predicted octanol–water partition coefficient (Wildman–Crippen LogP) is 0.255. The maximum Gasteiger partial charge on any atom is 0.243 e. The van der Waals surface area contributed by atoms with Gasteiger partial charge in [0.1, 0.15) is 18.1 Å². The first-order valence-corrected chi connectivity index (χ1v) is 9.36. The van der Waals surface area contributed by atoms with Gasteiger partial charge in [-0.25, -0.2) is 0 Å². The molecule has 0 aliphatic rings. The summed E-state index contributed by atoms with van der Waals surface area (Å²) < 4.78 is 0. The van der Waals surface area contributed by atoms with Crippen LogP contribution < -0.4 is 21.7 Å². The van der Waals surface area contributed by atoms with Gasteiger partial charge in [-0.1, -0.05) is 50.6 Å². The highest BCUT2D eigenvalue weighted by molar-refractivity contribution is 5.94. The number of nitrogens with two attached hydrogens (primary N) is 1. The van der Waals surface area contributed by atoms with Gasteiger partial charge in [0.25, 0.3) is 0 Å². The molecule has 154 valence electrons. The van der Waals surface area contributed by atoms with E-state index in [1.54, 1.807) is 0 Å². The molecule has 4 amide bonds. The van der Waals surface area contributed by atoms with Gasteiger partial charge in [0.2, 0.25) is 23.6 Å². The van der Waals surface area contributed by atoms with Crippen molar-refractivity contribution in [3.8, 4) is 0 Å². The van der Waals surface area contributed by atoms with Gasteiger partial charge in [-0.05, 0) is 18.4 Å². The zero-order valence-corrected chi connectivity index (χ0v) is 16.8. The number of rotatable bonds is 10. The highest BCUT2D eigenvalue weighted by atomic mass is 16.2. The highest BCUT2D eigenvalue weighted by Crippen LogP contribution is 2.10. The van der Waals surface area contributed by atoms with Crippen LogP contribution in [0, 0.1) is 5.92 Å². The molecule has 0 saturated heterocycles. The number of primary amides is 1. The van der Waals surface area contributed by atoms with Crippen molar-refractivity contribution >= 4 is 23.6 Å². The normalized spacial score (nSPS) is 14.9. The Morgan fingerprint density at radius 2 is 1.57 bits per heavy atom. The fraction of sp³-hybridized carbons (Fsp3) is 0.500. The van der Waals surface area contributed by atoms with Gasteiger partial charge in [-0.15, -0.1) is 0 Å². The lowest BCUT2D eigenvalue weighted by molar-refractivity contribution is -0.133. The molecule has 4 atom stereocenters. The summed E-state index contributed by atoms with van der Waals surface area (Å²) in [7, 11) is 0. The van der Waals surface area contributed by atoms with Gasteiger partial charge in [0, 0.05) is 13.3 Å². The first-order valence-electron chi connectivity index (χ1n) is 9.36. The van der Waals surface area contributed by atoms with E-state index in [1.165, 1.54) is 13.8 Å². The van der Waals surface area contributed by atoms with Gasteiger partial charge >= 0.3 is 0 Å². The summed E-state index contributed by atoms with van der Waals surface area (Å²) in [5.74, 6) is -2.09. The second-order valence-electron chi connectivity index (χ2n) is 6.95. The number of carbonyl (C=O) groups is 4. The molecule has 0 bridgehead atoms. The summed E-state index contributed by atoms with van der Waals surface area (Å²) in [6, 6.07) is 6.63. The third kappa shape index (κ3) is 7.38. The van der Waals surface area contributed by atoms with E-state index >= 15 is 0 Å². The highest BCUT2D eigenvalue weighted by Gasteiger charge is 2.30. The first-order chi connectivity index (χ1) is 13.1. The fourth-order valence-electron chi connectivity index (χ4n) is 2.63. The molecule has 0 aliphatic heterocycles. The van der Waals surface area contributed by atoms with E-state index in [4.69, 9.17) is 5.73 Å². The van der Waals surface area contributed by atoms with Crippen LogP contribution in [-0.4, -0.2) is 41.8 Å². The molecule has 2 unspecified atom stereocenters. The quantitative estimate of drug-likeness (QED) is 0.456. The molecule has 1 rings (SSSR count). The van der Waals surface area contributed by atoms with Crippen LogP contribution in [0.5, 0.6) is 0 Å². The molecule has 0 saturated carbocycles. The Labute approximate surface area is 165 Å². The van der Waals surface area contributed by atoms with Crippen LogP contribution in [0.3, 0.4) is 0 Å². The molecule has 0 fully saturated rings. The monoisotopic (exact) mass is 390 g/mol. The molecule has 0 spiro atoms. The average molecular weight is 390 g/mol. The van der Waals surface area contributed by atoms with Gasteiger partial charge in [0.05, 0.1) is 0 Å². The Balaban J connectivity index is 3.01. The fourth-order valence-corrected chi connectivity index (χ4v) is 2.63. The van der Waals surface area contributed by atoms with Crippen molar-refractivity contribution in [3.05, 3.63) is 35.9 Å². The number of amides is 4. The van der Waals surface area contributed by atoms with Crippen molar-refractivity contribution in [2.75, 3.05) is 0 Å². The van der Waals surface area contributed by atoms with Crippen LogP contribution in [0.25, 0.3) is 0 Å². The van der Waals surface area contributed by atoms with Gasteiger partial charge < -0.3 is 21.7 Å². The van der Waals surface area contributed by atoms with E-state index in [2.05, 4.69) is 16.0 Å². The van der Waals surface area contributed by atoms with E-state index in [0.29, 0.717) is 6.42 Å². The van der Waals surface area contributed by atoms with Crippen molar-refractivity contribution in [2.45, 2.75) is 58.7 Å². The molecular weight excluding hydrogens is 360 g/mol. The van der Waals surface area contributed by atoms with Gasteiger partial charge in [-0.2, -0.15) is 0 Å². The second kappa shape index (κ2) is 11.1. The Kier molecular flexibility index (Phi) is 9.14. The van der Waals surface area contributed by atoms with Crippen molar-refractivity contribution in [2.24, 2.45) is 11.7 Å². The minimum Gasteiger partial charge on any atom is -0.368 e. The number of nitrogens with one attached hydrogen (secondary N) is 3. The molecule has 8 nitrogen and oxygen atoms in total. The maximum atomic E-state index is 12.8. The molecule has 28 heavy (non-hydrogen) atoms. The van der Waals surface area contributed by atoms with E-state index in [0.717, 1.165) is 5.56 Å². The van der Waals surface area contributed by atoms with Crippen molar-refractivity contribution in [1.29, 1.82) is 0 Å². The summed E-state index contributed by atoms with van der Waals surface area (Å²) in [6.07, 6.45) is 0.907.